The van der Waals surface area contributed by atoms with Gasteiger partial charge < -0.3 is 10.8 Å². The Labute approximate surface area is 102 Å². The molecule has 0 heterocycles. The summed E-state index contributed by atoms with van der Waals surface area (Å²) in [6.07, 6.45) is 0.926. The Balaban J connectivity index is 2.08. The SMILES string of the molecule is N[C@@H](CO)c1ccc(Cc2ccccc2)cc1. The fraction of sp³-hybridized carbons (Fsp3) is 0.200. The molecule has 2 heteroatoms. The monoisotopic (exact) mass is 227 g/mol. The first-order valence-corrected chi connectivity index (χ1v) is 5.79. The van der Waals surface area contributed by atoms with Gasteiger partial charge in [0, 0.05) is 0 Å². The summed E-state index contributed by atoms with van der Waals surface area (Å²) in [4.78, 5) is 0. The zero-order chi connectivity index (χ0) is 12.1. The molecule has 0 saturated heterocycles. The summed E-state index contributed by atoms with van der Waals surface area (Å²) in [7, 11) is 0. The fourth-order valence-electron chi connectivity index (χ4n) is 1.82. The fourth-order valence-corrected chi connectivity index (χ4v) is 1.82. The largest absolute Gasteiger partial charge is 0.394 e. The Bertz CT molecular complexity index is 450. The minimum Gasteiger partial charge on any atom is -0.394 e. The lowest BCUT2D eigenvalue weighted by molar-refractivity contribution is 0.268. The average Bonchev–Trinajstić information content (AvgIpc) is 2.40. The molecule has 0 amide bonds. The number of hydrogen-bond acceptors (Lipinski definition) is 2. The van der Waals surface area contributed by atoms with E-state index in [-0.39, 0.29) is 12.6 Å². The molecule has 2 rings (SSSR count). The molecule has 0 unspecified atom stereocenters. The Hall–Kier alpha value is -1.64. The van der Waals surface area contributed by atoms with Crippen LogP contribution in [0, 0.1) is 0 Å². The third-order valence-electron chi connectivity index (χ3n) is 2.86. The van der Waals surface area contributed by atoms with Gasteiger partial charge in [0.1, 0.15) is 0 Å². The molecule has 0 radical (unpaired) electrons. The minimum atomic E-state index is -0.277. The van der Waals surface area contributed by atoms with Crippen LogP contribution in [0.3, 0.4) is 0 Å². The van der Waals surface area contributed by atoms with E-state index in [2.05, 4.69) is 24.3 Å². The second kappa shape index (κ2) is 5.62. The molecule has 1 atom stereocenters. The highest BCUT2D eigenvalue weighted by molar-refractivity contribution is 5.29. The van der Waals surface area contributed by atoms with Gasteiger partial charge in [-0.15, -0.1) is 0 Å². The summed E-state index contributed by atoms with van der Waals surface area (Å²) >= 11 is 0. The summed E-state index contributed by atoms with van der Waals surface area (Å²) in [5, 5.41) is 8.97. The van der Waals surface area contributed by atoms with E-state index in [1.807, 2.05) is 30.3 Å². The number of benzene rings is 2. The summed E-state index contributed by atoms with van der Waals surface area (Å²) < 4.78 is 0. The van der Waals surface area contributed by atoms with Crippen molar-refractivity contribution in [2.75, 3.05) is 6.61 Å². The molecule has 0 aliphatic heterocycles. The smallest absolute Gasteiger partial charge is 0.0624 e. The van der Waals surface area contributed by atoms with Gasteiger partial charge in [-0.2, -0.15) is 0 Å². The van der Waals surface area contributed by atoms with Gasteiger partial charge >= 0.3 is 0 Å². The van der Waals surface area contributed by atoms with Crippen LogP contribution in [0.5, 0.6) is 0 Å². The van der Waals surface area contributed by atoms with E-state index in [9.17, 15) is 0 Å². The standard InChI is InChI=1S/C15H17NO/c16-15(11-17)14-8-6-13(7-9-14)10-12-4-2-1-3-5-12/h1-9,15,17H,10-11,16H2/t15-/m0/s1. The van der Waals surface area contributed by atoms with E-state index in [0.29, 0.717) is 0 Å². The first kappa shape index (κ1) is 11.8. The lowest BCUT2D eigenvalue weighted by Crippen LogP contribution is -2.14. The Kier molecular flexibility index (Phi) is 3.91. The third kappa shape index (κ3) is 3.16. The van der Waals surface area contributed by atoms with Crippen LogP contribution in [0.25, 0.3) is 0 Å². The number of aliphatic hydroxyl groups is 1. The van der Waals surface area contributed by atoms with Gasteiger partial charge in [-0.3, -0.25) is 0 Å². The molecule has 0 bridgehead atoms. The van der Waals surface area contributed by atoms with Crippen LogP contribution in [0.1, 0.15) is 22.7 Å². The van der Waals surface area contributed by atoms with Gasteiger partial charge in [0.2, 0.25) is 0 Å². The van der Waals surface area contributed by atoms with Gasteiger partial charge in [-0.1, -0.05) is 54.6 Å². The first-order chi connectivity index (χ1) is 8.29. The summed E-state index contributed by atoms with van der Waals surface area (Å²) in [5.74, 6) is 0. The third-order valence-corrected chi connectivity index (χ3v) is 2.86. The number of nitrogens with two attached hydrogens (primary N) is 1. The number of aliphatic hydroxyl groups excluding tert-OH is 1. The highest BCUT2D eigenvalue weighted by atomic mass is 16.3. The van der Waals surface area contributed by atoms with Crippen molar-refractivity contribution in [3.8, 4) is 0 Å². The van der Waals surface area contributed by atoms with Crippen molar-refractivity contribution in [2.24, 2.45) is 5.73 Å². The van der Waals surface area contributed by atoms with Crippen LogP contribution in [-0.2, 0) is 6.42 Å². The highest BCUT2D eigenvalue weighted by Crippen LogP contribution is 2.14. The maximum Gasteiger partial charge on any atom is 0.0624 e. The summed E-state index contributed by atoms with van der Waals surface area (Å²) in [6, 6.07) is 18.2. The Morgan fingerprint density at radius 1 is 0.882 bits per heavy atom. The molecule has 0 fully saturated rings. The zero-order valence-electron chi connectivity index (χ0n) is 9.71. The van der Waals surface area contributed by atoms with E-state index >= 15 is 0 Å². The van der Waals surface area contributed by atoms with Crippen LogP contribution in [-0.4, -0.2) is 11.7 Å². The second-order valence-electron chi connectivity index (χ2n) is 4.19. The van der Waals surface area contributed by atoms with Gasteiger partial charge in [0.15, 0.2) is 0 Å². The van der Waals surface area contributed by atoms with Crippen LogP contribution in [0.2, 0.25) is 0 Å². The molecule has 17 heavy (non-hydrogen) atoms. The summed E-state index contributed by atoms with van der Waals surface area (Å²) in [5.41, 5.74) is 9.28. The van der Waals surface area contributed by atoms with Gasteiger partial charge in [-0.25, -0.2) is 0 Å². The lowest BCUT2D eigenvalue weighted by Gasteiger charge is -2.09. The van der Waals surface area contributed by atoms with Crippen LogP contribution >= 0.6 is 0 Å². The van der Waals surface area contributed by atoms with E-state index in [1.54, 1.807) is 0 Å². The molecule has 0 saturated carbocycles. The molecule has 0 spiro atoms. The molecule has 88 valence electrons. The molecule has 2 aromatic carbocycles. The Morgan fingerprint density at radius 2 is 1.47 bits per heavy atom. The number of hydrogen-bond donors (Lipinski definition) is 2. The molecular formula is C15H17NO. The minimum absolute atomic E-state index is 0.0158. The van der Waals surface area contributed by atoms with Crippen LogP contribution < -0.4 is 5.73 Å². The first-order valence-electron chi connectivity index (χ1n) is 5.79. The Morgan fingerprint density at radius 3 is 2.06 bits per heavy atom. The quantitative estimate of drug-likeness (QED) is 0.841. The van der Waals surface area contributed by atoms with Crippen molar-refractivity contribution in [3.05, 3.63) is 71.3 Å². The van der Waals surface area contributed by atoms with Gasteiger partial charge in [-0.05, 0) is 23.1 Å². The van der Waals surface area contributed by atoms with Crippen molar-refractivity contribution in [3.63, 3.8) is 0 Å². The van der Waals surface area contributed by atoms with Gasteiger partial charge in [0.05, 0.1) is 12.6 Å². The van der Waals surface area contributed by atoms with Gasteiger partial charge in [0.25, 0.3) is 0 Å². The molecule has 3 N–H and O–H groups in total. The van der Waals surface area contributed by atoms with E-state index in [0.717, 1.165) is 12.0 Å². The van der Waals surface area contributed by atoms with Crippen molar-refractivity contribution in [1.82, 2.24) is 0 Å². The van der Waals surface area contributed by atoms with E-state index in [1.165, 1.54) is 11.1 Å². The zero-order valence-corrected chi connectivity index (χ0v) is 9.71. The van der Waals surface area contributed by atoms with Crippen molar-refractivity contribution in [2.45, 2.75) is 12.5 Å². The molecule has 2 aromatic rings. The highest BCUT2D eigenvalue weighted by Gasteiger charge is 2.03. The average molecular weight is 227 g/mol. The molecule has 0 aliphatic rings. The topological polar surface area (TPSA) is 46.2 Å². The molecule has 2 nitrogen and oxygen atoms in total. The van der Waals surface area contributed by atoms with E-state index in [4.69, 9.17) is 10.8 Å². The molecule has 0 aromatic heterocycles. The normalized spacial score (nSPS) is 12.4. The van der Waals surface area contributed by atoms with Crippen molar-refractivity contribution < 1.29 is 5.11 Å². The van der Waals surface area contributed by atoms with Crippen molar-refractivity contribution in [1.29, 1.82) is 0 Å². The van der Waals surface area contributed by atoms with Crippen LogP contribution in [0.15, 0.2) is 54.6 Å². The second-order valence-corrected chi connectivity index (χ2v) is 4.19. The van der Waals surface area contributed by atoms with Crippen LogP contribution in [0.4, 0.5) is 0 Å². The van der Waals surface area contributed by atoms with Crippen molar-refractivity contribution >= 4 is 0 Å². The van der Waals surface area contributed by atoms with E-state index < -0.39 is 0 Å². The number of rotatable bonds is 4. The summed E-state index contributed by atoms with van der Waals surface area (Å²) in [6.45, 7) is -0.0158. The maximum atomic E-state index is 8.97. The molecule has 0 aliphatic carbocycles. The predicted octanol–water partition coefficient (Wildman–Crippen LogP) is 2.27. The predicted molar refractivity (Wildman–Crippen MR) is 69.7 cm³/mol. The maximum absolute atomic E-state index is 8.97. The lowest BCUT2D eigenvalue weighted by atomic mass is 10.0. The molecular weight excluding hydrogens is 210 g/mol.